The fourth-order valence-electron chi connectivity index (χ4n) is 5.71. The number of hydrogen-bond acceptors (Lipinski definition) is 4. The Hall–Kier alpha value is -3.10. The van der Waals surface area contributed by atoms with Crippen molar-refractivity contribution in [2.75, 3.05) is 19.6 Å². The van der Waals surface area contributed by atoms with Gasteiger partial charge in [0.15, 0.2) is 0 Å². The number of halogens is 2. The molecule has 0 aliphatic carbocycles. The molecule has 1 N–H and O–H groups in total. The molecule has 1 saturated heterocycles. The highest BCUT2D eigenvalue weighted by Crippen LogP contribution is 2.22. The predicted octanol–water partition coefficient (Wildman–Crippen LogP) is 3.51. The van der Waals surface area contributed by atoms with Gasteiger partial charge in [0.2, 0.25) is 0 Å². The zero-order valence-corrected chi connectivity index (χ0v) is 21.5. The second-order valence-electron chi connectivity index (χ2n) is 10.5. The van der Waals surface area contributed by atoms with Gasteiger partial charge in [-0.2, -0.15) is 0 Å². The Bertz CT molecular complexity index is 1400. The summed E-state index contributed by atoms with van der Waals surface area (Å²) in [6, 6.07) is 10.1. The van der Waals surface area contributed by atoms with Gasteiger partial charge in [0.05, 0.1) is 12.1 Å². The van der Waals surface area contributed by atoms with Gasteiger partial charge in [-0.05, 0) is 69.0 Å². The molecule has 3 heterocycles. The number of piperidine rings is 1. The molecule has 0 spiro atoms. The van der Waals surface area contributed by atoms with Crippen LogP contribution in [-0.4, -0.2) is 33.7 Å². The van der Waals surface area contributed by atoms with Crippen LogP contribution in [0.2, 0.25) is 0 Å². The summed E-state index contributed by atoms with van der Waals surface area (Å²) in [5.41, 5.74) is 3.82. The van der Waals surface area contributed by atoms with Crippen molar-refractivity contribution in [3.05, 3.63) is 102 Å². The highest BCUT2D eigenvalue weighted by atomic mass is 19.1. The average molecular weight is 509 g/mol. The van der Waals surface area contributed by atoms with Crippen molar-refractivity contribution < 1.29 is 8.78 Å². The third-order valence-electron chi connectivity index (χ3n) is 7.80. The first-order chi connectivity index (χ1) is 17.8. The average Bonchev–Trinajstić information content (AvgIpc) is 2.88. The first kappa shape index (κ1) is 25.5. The standard InChI is InChI=1S/C29H34F2N4O2/c1-19-8-9-22(20(2)13-19)16-33-12-10-27-24(17-33)28(36)35(15-21-5-4-11-32-14-21)29(37)34(27)18-23-25(30)6-3-7-26(23)31/h3,6-9,13,21,32H,4-5,10-12,14-18H2,1-2H3. The van der Waals surface area contributed by atoms with Crippen LogP contribution in [0.4, 0.5) is 8.78 Å². The van der Waals surface area contributed by atoms with Crippen molar-refractivity contribution in [3.8, 4) is 0 Å². The van der Waals surface area contributed by atoms with Crippen LogP contribution in [0.25, 0.3) is 0 Å². The Labute approximate surface area is 215 Å². The smallest absolute Gasteiger partial charge is 0.316 e. The maximum absolute atomic E-state index is 14.6. The molecule has 8 heteroatoms. The Balaban J connectivity index is 1.54. The topological polar surface area (TPSA) is 59.3 Å². The third-order valence-corrected chi connectivity index (χ3v) is 7.80. The van der Waals surface area contributed by atoms with E-state index in [4.69, 9.17) is 0 Å². The summed E-state index contributed by atoms with van der Waals surface area (Å²) in [4.78, 5) is 29.6. The van der Waals surface area contributed by atoms with Crippen LogP contribution in [0.3, 0.4) is 0 Å². The van der Waals surface area contributed by atoms with Crippen molar-refractivity contribution in [3.63, 3.8) is 0 Å². The van der Waals surface area contributed by atoms with Gasteiger partial charge in [0.25, 0.3) is 5.56 Å². The lowest BCUT2D eigenvalue weighted by molar-refractivity contribution is 0.234. The van der Waals surface area contributed by atoms with Gasteiger partial charge in [-0.25, -0.2) is 13.6 Å². The molecular weight excluding hydrogens is 474 g/mol. The Morgan fingerprint density at radius 1 is 1.03 bits per heavy atom. The summed E-state index contributed by atoms with van der Waals surface area (Å²) in [6.07, 6.45) is 2.38. The summed E-state index contributed by atoms with van der Waals surface area (Å²) in [5.74, 6) is -1.23. The monoisotopic (exact) mass is 508 g/mol. The van der Waals surface area contributed by atoms with Crippen LogP contribution in [0.15, 0.2) is 46.0 Å². The largest absolute Gasteiger partial charge is 0.331 e. The van der Waals surface area contributed by atoms with Crippen molar-refractivity contribution in [1.82, 2.24) is 19.4 Å². The molecule has 37 heavy (non-hydrogen) atoms. The lowest BCUT2D eigenvalue weighted by atomic mass is 9.99. The molecule has 1 unspecified atom stereocenters. The van der Waals surface area contributed by atoms with E-state index in [2.05, 4.69) is 42.3 Å². The number of nitrogens with one attached hydrogen (secondary N) is 1. The van der Waals surface area contributed by atoms with Gasteiger partial charge < -0.3 is 5.32 Å². The van der Waals surface area contributed by atoms with E-state index < -0.39 is 17.3 Å². The van der Waals surface area contributed by atoms with Crippen LogP contribution in [-0.2, 0) is 32.6 Å². The van der Waals surface area contributed by atoms with Crippen molar-refractivity contribution >= 4 is 0 Å². The Kier molecular flexibility index (Phi) is 7.40. The molecule has 2 aromatic carbocycles. The second-order valence-corrected chi connectivity index (χ2v) is 10.5. The number of benzene rings is 2. The maximum atomic E-state index is 14.6. The molecule has 3 aromatic rings. The molecule has 1 aromatic heterocycles. The maximum Gasteiger partial charge on any atom is 0.331 e. The van der Waals surface area contributed by atoms with E-state index in [-0.39, 0.29) is 23.6 Å². The van der Waals surface area contributed by atoms with Crippen molar-refractivity contribution in [2.24, 2.45) is 5.92 Å². The third kappa shape index (κ3) is 5.31. The van der Waals surface area contributed by atoms with Crippen LogP contribution < -0.4 is 16.6 Å². The SMILES string of the molecule is Cc1ccc(CN2CCc3c(c(=O)n(CC4CCCNC4)c(=O)n3Cc3c(F)cccc3F)C2)c(C)c1. The highest BCUT2D eigenvalue weighted by molar-refractivity contribution is 5.31. The van der Waals surface area contributed by atoms with Gasteiger partial charge in [-0.1, -0.05) is 29.8 Å². The van der Waals surface area contributed by atoms with Gasteiger partial charge in [0, 0.05) is 43.9 Å². The molecule has 2 aliphatic rings. The van der Waals surface area contributed by atoms with Crippen LogP contribution >= 0.6 is 0 Å². The van der Waals surface area contributed by atoms with Gasteiger partial charge in [0.1, 0.15) is 11.6 Å². The van der Waals surface area contributed by atoms with E-state index in [1.54, 1.807) is 0 Å². The molecule has 1 atom stereocenters. The van der Waals surface area contributed by atoms with Crippen LogP contribution in [0.5, 0.6) is 0 Å². The lowest BCUT2D eigenvalue weighted by Crippen LogP contribution is -2.49. The van der Waals surface area contributed by atoms with Crippen LogP contribution in [0, 0.1) is 31.4 Å². The normalized spacial score (nSPS) is 18.1. The minimum absolute atomic E-state index is 0.158. The van der Waals surface area contributed by atoms with E-state index in [0.29, 0.717) is 43.9 Å². The molecule has 196 valence electrons. The first-order valence-corrected chi connectivity index (χ1v) is 13.1. The summed E-state index contributed by atoms with van der Waals surface area (Å²) < 4.78 is 31.9. The summed E-state index contributed by atoms with van der Waals surface area (Å²) in [6.45, 7) is 7.62. The van der Waals surface area contributed by atoms with E-state index in [9.17, 15) is 18.4 Å². The highest BCUT2D eigenvalue weighted by Gasteiger charge is 2.28. The van der Waals surface area contributed by atoms with Gasteiger partial charge >= 0.3 is 5.69 Å². The molecule has 6 nitrogen and oxygen atoms in total. The number of nitrogens with zero attached hydrogens (tertiary/aromatic N) is 3. The Morgan fingerprint density at radius 2 is 1.81 bits per heavy atom. The fourth-order valence-corrected chi connectivity index (χ4v) is 5.71. The van der Waals surface area contributed by atoms with Crippen LogP contribution in [0.1, 0.15) is 46.4 Å². The first-order valence-electron chi connectivity index (χ1n) is 13.1. The molecule has 1 fully saturated rings. The number of aryl methyl sites for hydroxylation is 2. The molecule has 0 radical (unpaired) electrons. The zero-order chi connectivity index (χ0) is 26.1. The van der Waals surface area contributed by atoms with Gasteiger partial charge in [-0.3, -0.25) is 18.8 Å². The summed E-state index contributed by atoms with van der Waals surface area (Å²) >= 11 is 0. The minimum atomic E-state index is -0.692. The van der Waals surface area contributed by atoms with E-state index in [1.807, 2.05) is 0 Å². The predicted molar refractivity (Wildman–Crippen MR) is 140 cm³/mol. The molecule has 0 saturated carbocycles. The van der Waals surface area contributed by atoms with E-state index in [1.165, 1.54) is 44.0 Å². The zero-order valence-electron chi connectivity index (χ0n) is 21.5. The number of aromatic nitrogens is 2. The Morgan fingerprint density at radius 3 is 2.51 bits per heavy atom. The summed E-state index contributed by atoms with van der Waals surface area (Å²) in [7, 11) is 0. The molecule has 5 rings (SSSR count). The quantitative estimate of drug-likeness (QED) is 0.554. The van der Waals surface area contributed by atoms with E-state index >= 15 is 0 Å². The second kappa shape index (κ2) is 10.7. The number of rotatable bonds is 6. The van der Waals surface area contributed by atoms with Crippen molar-refractivity contribution in [2.45, 2.75) is 59.3 Å². The number of hydrogen-bond donors (Lipinski definition) is 1. The molecule has 2 aliphatic heterocycles. The lowest BCUT2D eigenvalue weighted by Gasteiger charge is -2.32. The number of fused-ring (bicyclic) bond motifs is 1. The van der Waals surface area contributed by atoms with Crippen molar-refractivity contribution in [1.29, 1.82) is 0 Å². The van der Waals surface area contributed by atoms with Gasteiger partial charge in [-0.15, -0.1) is 0 Å². The molecule has 0 amide bonds. The summed E-state index contributed by atoms with van der Waals surface area (Å²) in [5, 5.41) is 3.34. The minimum Gasteiger partial charge on any atom is -0.316 e. The molecular formula is C29H34F2N4O2. The van der Waals surface area contributed by atoms with E-state index in [0.717, 1.165) is 25.9 Å². The molecule has 0 bridgehead atoms. The fraction of sp³-hybridized carbons (Fsp3) is 0.448.